The summed E-state index contributed by atoms with van der Waals surface area (Å²) in [6.07, 6.45) is 2.02. The Kier molecular flexibility index (Phi) is 5.73. The van der Waals surface area contributed by atoms with Crippen molar-refractivity contribution < 1.29 is 9.47 Å². The fraction of sp³-hybridized carbons (Fsp3) is 1.00. The molecule has 0 aliphatic carbocycles. The summed E-state index contributed by atoms with van der Waals surface area (Å²) in [6, 6.07) is 0.432. The first kappa shape index (κ1) is 13.9. The van der Waals surface area contributed by atoms with E-state index in [-0.39, 0.29) is 5.60 Å². The van der Waals surface area contributed by atoms with Crippen LogP contribution in [0.5, 0.6) is 0 Å². The Bertz CT molecular complexity index is 183. The van der Waals surface area contributed by atoms with Crippen LogP contribution in [0.4, 0.5) is 0 Å². The zero-order valence-corrected chi connectivity index (χ0v) is 11.2. The van der Waals surface area contributed by atoms with Crippen LogP contribution in [0, 0.1) is 5.92 Å². The molecule has 1 N–H and O–H groups in total. The molecule has 1 aliphatic rings. The Labute approximate surface area is 99.9 Å². The van der Waals surface area contributed by atoms with E-state index in [9.17, 15) is 0 Å². The van der Waals surface area contributed by atoms with Crippen LogP contribution in [-0.2, 0) is 9.47 Å². The molecule has 1 saturated heterocycles. The van der Waals surface area contributed by atoms with Crippen molar-refractivity contribution in [3.05, 3.63) is 0 Å². The molecule has 1 aliphatic heterocycles. The zero-order chi connectivity index (χ0) is 12.0. The van der Waals surface area contributed by atoms with Crippen molar-refractivity contribution in [3.8, 4) is 0 Å². The van der Waals surface area contributed by atoms with Gasteiger partial charge in [-0.15, -0.1) is 0 Å². The number of likely N-dealkylation sites (N-methyl/N-ethyl adjacent to an activating group) is 1. The van der Waals surface area contributed by atoms with Crippen LogP contribution in [0.15, 0.2) is 0 Å². The minimum Gasteiger partial charge on any atom is -0.381 e. The molecule has 0 aromatic carbocycles. The van der Waals surface area contributed by atoms with Crippen LogP contribution in [0.25, 0.3) is 0 Å². The first-order valence-corrected chi connectivity index (χ1v) is 6.61. The van der Waals surface area contributed by atoms with Gasteiger partial charge >= 0.3 is 0 Å². The Morgan fingerprint density at radius 2 is 1.88 bits per heavy atom. The Hall–Kier alpha value is -0.120. The second-order valence-corrected chi connectivity index (χ2v) is 4.89. The van der Waals surface area contributed by atoms with Gasteiger partial charge in [-0.2, -0.15) is 0 Å². The molecule has 1 fully saturated rings. The van der Waals surface area contributed by atoms with Crippen molar-refractivity contribution in [3.63, 3.8) is 0 Å². The second kappa shape index (κ2) is 6.58. The topological polar surface area (TPSA) is 30.5 Å². The number of rotatable bonds is 6. The fourth-order valence-electron chi connectivity index (χ4n) is 2.80. The molecular formula is C13H27NO2. The van der Waals surface area contributed by atoms with Gasteiger partial charge in [0.05, 0.1) is 5.60 Å². The standard InChI is InChI=1S/C13H27NO2/c1-5-14-12(11(3)4)13(16-6-2)7-9-15-10-8-13/h11-12,14H,5-10H2,1-4H3. The van der Waals surface area contributed by atoms with Crippen LogP contribution < -0.4 is 5.32 Å². The van der Waals surface area contributed by atoms with Crippen molar-refractivity contribution in [1.82, 2.24) is 5.32 Å². The van der Waals surface area contributed by atoms with Crippen molar-refractivity contribution >= 4 is 0 Å². The quantitative estimate of drug-likeness (QED) is 0.757. The summed E-state index contributed by atoms with van der Waals surface area (Å²) in [5.41, 5.74) is -0.0167. The lowest BCUT2D eigenvalue weighted by Gasteiger charge is -2.45. The average Bonchev–Trinajstić information content (AvgIpc) is 2.27. The van der Waals surface area contributed by atoms with Gasteiger partial charge in [0.1, 0.15) is 0 Å². The average molecular weight is 229 g/mol. The number of ether oxygens (including phenoxy) is 2. The first-order chi connectivity index (χ1) is 7.66. The van der Waals surface area contributed by atoms with Crippen LogP contribution in [0.3, 0.4) is 0 Å². The van der Waals surface area contributed by atoms with Crippen molar-refractivity contribution in [2.75, 3.05) is 26.4 Å². The molecule has 0 spiro atoms. The smallest absolute Gasteiger partial charge is 0.0880 e. The maximum Gasteiger partial charge on any atom is 0.0880 e. The summed E-state index contributed by atoms with van der Waals surface area (Å²) in [5.74, 6) is 0.588. The molecule has 3 heteroatoms. The zero-order valence-electron chi connectivity index (χ0n) is 11.2. The molecule has 0 saturated carbocycles. The number of hydrogen-bond donors (Lipinski definition) is 1. The highest BCUT2D eigenvalue weighted by Crippen LogP contribution is 2.32. The van der Waals surface area contributed by atoms with Gasteiger partial charge in [-0.05, 0) is 19.4 Å². The number of hydrogen-bond acceptors (Lipinski definition) is 3. The Morgan fingerprint density at radius 1 is 1.25 bits per heavy atom. The normalized spacial score (nSPS) is 22.3. The molecule has 1 rings (SSSR count). The predicted octanol–water partition coefficient (Wildman–Crippen LogP) is 2.21. The third-order valence-electron chi connectivity index (χ3n) is 3.43. The molecule has 16 heavy (non-hydrogen) atoms. The summed E-state index contributed by atoms with van der Waals surface area (Å²) in [5, 5.41) is 3.60. The third kappa shape index (κ3) is 3.19. The Balaban J connectivity index is 2.78. The largest absolute Gasteiger partial charge is 0.381 e. The predicted molar refractivity (Wildman–Crippen MR) is 66.7 cm³/mol. The summed E-state index contributed by atoms with van der Waals surface area (Å²) in [4.78, 5) is 0. The van der Waals surface area contributed by atoms with E-state index in [2.05, 4.69) is 33.0 Å². The van der Waals surface area contributed by atoms with E-state index in [1.807, 2.05) is 0 Å². The van der Waals surface area contributed by atoms with Crippen LogP contribution in [0.2, 0.25) is 0 Å². The maximum atomic E-state index is 6.10. The van der Waals surface area contributed by atoms with Gasteiger partial charge in [0.2, 0.25) is 0 Å². The molecule has 0 aromatic heterocycles. The molecule has 1 atom stereocenters. The van der Waals surface area contributed by atoms with E-state index in [0.29, 0.717) is 12.0 Å². The fourth-order valence-corrected chi connectivity index (χ4v) is 2.80. The van der Waals surface area contributed by atoms with Gasteiger partial charge in [-0.3, -0.25) is 0 Å². The van der Waals surface area contributed by atoms with Gasteiger partial charge in [-0.1, -0.05) is 20.8 Å². The lowest BCUT2D eigenvalue weighted by molar-refractivity contribution is -0.133. The molecule has 1 heterocycles. The number of nitrogens with one attached hydrogen (secondary N) is 1. The van der Waals surface area contributed by atoms with E-state index in [4.69, 9.17) is 9.47 Å². The highest BCUT2D eigenvalue weighted by Gasteiger charge is 2.42. The maximum absolute atomic E-state index is 6.10. The highest BCUT2D eigenvalue weighted by molar-refractivity contribution is 4.96. The van der Waals surface area contributed by atoms with Crippen molar-refractivity contribution in [1.29, 1.82) is 0 Å². The molecule has 3 nitrogen and oxygen atoms in total. The van der Waals surface area contributed by atoms with Crippen molar-refractivity contribution in [2.45, 2.75) is 52.2 Å². The molecule has 1 unspecified atom stereocenters. The van der Waals surface area contributed by atoms with Crippen LogP contribution >= 0.6 is 0 Å². The van der Waals surface area contributed by atoms with Crippen LogP contribution in [-0.4, -0.2) is 38.0 Å². The van der Waals surface area contributed by atoms with E-state index in [1.165, 1.54) is 0 Å². The van der Waals surface area contributed by atoms with E-state index >= 15 is 0 Å². The molecule has 0 amide bonds. The third-order valence-corrected chi connectivity index (χ3v) is 3.43. The lowest BCUT2D eigenvalue weighted by Crippen LogP contribution is -2.57. The first-order valence-electron chi connectivity index (χ1n) is 6.61. The molecule has 0 radical (unpaired) electrons. The molecular weight excluding hydrogens is 202 g/mol. The summed E-state index contributed by atoms with van der Waals surface area (Å²) >= 11 is 0. The van der Waals surface area contributed by atoms with E-state index in [1.54, 1.807) is 0 Å². The minimum atomic E-state index is -0.0167. The minimum absolute atomic E-state index is 0.0167. The van der Waals surface area contributed by atoms with Gasteiger partial charge in [-0.25, -0.2) is 0 Å². The summed E-state index contributed by atoms with van der Waals surface area (Å²) < 4.78 is 11.6. The van der Waals surface area contributed by atoms with Gasteiger partial charge in [0.15, 0.2) is 0 Å². The summed E-state index contributed by atoms with van der Waals surface area (Å²) in [6.45, 7) is 12.2. The summed E-state index contributed by atoms with van der Waals surface area (Å²) in [7, 11) is 0. The van der Waals surface area contributed by atoms with E-state index in [0.717, 1.165) is 39.2 Å². The SMILES string of the molecule is CCNC(C(C)C)C1(OCC)CCOCC1. The van der Waals surface area contributed by atoms with Gasteiger partial charge < -0.3 is 14.8 Å². The second-order valence-electron chi connectivity index (χ2n) is 4.89. The molecule has 0 aromatic rings. The van der Waals surface area contributed by atoms with Crippen molar-refractivity contribution in [2.24, 2.45) is 5.92 Å². The monoisotopic (exact) mass is 229 g/mol. The van der Waals surface area contributed by atoms with E-state index < -0.39 is 0 Å². The van der Waals surface area contributed by atoms with Gasteiger partial charge in [0.25, 0.3) is 0 Å². The molecule has 0 bridgehead atoms. The Morgan fingerprint density at radius 3 is 2.31 bits per heavy atom. The molecule has 96 valence electrons. The lowest BCUT2D eigenvalue weighted by atomic mass is 9.80. The van der Waals surface area contributed by atoms with Crippen LogP contribution in [0.1, 0.15) is 40.5 Å². The van der Waals surface area contributed by atoms with Gasteiger partial charge in [0, 0.05) is 38.7 Å². The highest BCUT2D eigenvalue weighted by atomic mass is 16.5.